The molecule has 0 heterocycles. The molecule has 0 aliphatic heterocycles. The molecule has 0 radical (unpaired) electrons. The van der Waals surface area contributed by atoms with Crippen LogP contribution in [0.25, 0.3) is 10.8 Å². The molecule has 0 aromatic heterocycles. The van der Waals surface area contributed by atoms with Gasteiger partial charge in [-0.05, 0) is 35.0 Å². The van der Waals surface area contributed by atoms with Crippen molar-refractivity contribution >= 4 is 16.7 Å². The predicted octanol–water partition coefficient (Wildman–Crippen LogP) is 2.45. The Morgan fingerprint density at radius 2 is 1.73 bits per heavy atom. The number of hydrogen-bond acceptors (Lipinski definition) is 3. The largest absolute Gasteiger partial charge is 0.508 e. The molecule has 2 aromatic carbocycles. The van der Waals surface area contributed by atoms with Crippen LogP contribution in [0.4, 0.5) is 0 Å². The SMILES string of the molecule is O=NC(=O)c1ccc2cc(O)ccc2c1. The predicted molar refractivity (Wildman–Crippen MR) is 55.7 cm³/mol. The van der Waals surface area contributed by atoms with Crippen molar-refractivity contribution < 1.29 is 9.90 Å². The molecule has 74 valence electrons. The van der Waals surface area contributed by atoms with E-state index in [1.54, 1.807) is 24.3 Å². The zero-order valence-electron chi connectivity index (χ0n) is 7.68. The van der Waals surface area contributed by atoms with Gasteiger partial charge in [0.25, 0.3) is 0 Å². The zero-order valence-corrected chi connectivity index (χ0v) is 7.68. The van der Waals surface area contributed by atoms with Crippen molar-refractivity contribution in [2.75, 3.05) is 0 Å². The third-order valence-corrected chi connectivity index (χ3v) is 2.15. The van der Waals surface area contributed by atoms with Gasteiger partial charge in [0.15, 0.2) is 0 Å². The van der Waals surface area contributed by atoms with E-state index in [1.807, 2.05) is 0 Å². The fourth-order valence-corrected chi connectivity index (χ4v) is 1.42. The van der Waals surface area contributed by atoms with Gasteiger partial charge in [-0.3, -0.25) is 4.79 Å². The summed E-state index contributed by atoms with van der Waals surface area (Å²) in [7, 11) is 0. The summed E-state index contributed by atoms with van der Waals surface area (Å²) in [6.07, 6.45) is 0. The highest BCUT2D eigenvalue weighted by molar-refractivity contribution is 5.99. The molecule has 0 fully saturated rings. The molecule has 4 nitrogen and oxygen atoms in total. The van der Waals surface area contributed by atoms with Gasteiger partial charge in [-0.2, -0.15) is 0 Å². The van der Waals surface area contributed by atoms with Crippen molar-refractivity contribution in [1.29, 1.82) is 0 Å². The first kappa shape index (κ1) is 9.33. The van der Waals surface area contributed by atoms with Gasteiger partial charge in [-0.25, -0.2) is 0 Å². The maximum atomic E-state index is 11.0. The third kappa shape index (κ3) is 1.69. The normalized spacial score (nSPS) is 10.1. The topological polar surface area (TPSA) is 66.7 Å². The molecule has 0 unspecified atom stereocenters. The van der Waals surface area contributed by atoms with Crippen LogP contribution in [0.3, 0.4) is 0 Å². The molecule has 0 saturated heterocycles. The van der Waals surface area contributed by atoms with Gasteiger partial charge in [0.05, 0.1) is 0 Å². The van der Waals surface area contributed by atoms with Gasteiger partial charge in [-0.15, -0.1) is 4.91 Å². The number of hydrogen-bond donors (Lipinski definition) is 1. The number of amides is 1. The quantitative estimate of drug-likeness (QED) is 0.720. The Hall–Kier alpha value is -2.23. The molecule has 0 saturated carbocycles. The first-order valence-corrected chi connectivity index (χ1v) is 4.31. The summed E-state index contributed by atoms with van der Waals surface area (Å²) in [4.78, 5) is 21.1. The number of fused-ring (bicyclic) bond motifs is 1. The zero-order chi connectivity index (χ0) is 10.8. The fourth-order valence-electron chi connectivity index (χ4n) is 1.42. The molecule has 2 rings (SSSR count). The van der Waals surface area contributed by atoms with Gasteiger partial charge in [-0.1, -0.05) is 12.1 Å². The second-order valence-electron chi connectivity index (χ2n) is 3.14. The fraction of sp³-hybridized carbons (Fsp3) is 0. The molecule has 0 atom stereocenters. The minimum atomic E-state index is -0.787. The van der Waals surface area contributed by atoms with E-state index in [4.69, 9.17) is 0 Å². The standard InChI is InChI=1S/C11H7NO3/c13-10-4-3-7-5-9(11(14)12-15)2-1-8(7)6-10/h1-6,13H. The summed E-state index contributed by atoms with van der Waals surface area (Å²) >= 11 is 0. The first-order valence-electron chi connectivity index (χ1n) is 4.31. The van der Waals surface area contributed by atoms with E-state index in [9.17, 15) is 14.8 Å². The van der Waals surface area contributed by atoms with Gasteiger partial charge in [0.2, 0.25) is 0 Å². The molecule has 1 N–H and O–H groups in total. The number of aromatic hydroxyl groups is 1. The maximum absolute atomic E-state index is 11.0. The number of rotatable bonds is 1. The van der Waals surface area contributed by atoms with Gasteiger partial charge in [0.1, 0.15) is 5.75 Å². The summed E-state index contributed by atoms with van der Waals surface area (Å²) in [5.74, 6) is -0.625. The monoisotopic (exact) mass is 201 g/mol. The van der Waals surface area contributed by atoms with E-state index < -0.39 is 5.91 Å². The van der Waals surface area contributed by atoms with Crippen molar-refractivity contribution in [3.05, 3.63) is 46.9 Å². The van der Waals surface area contributed by atoms with Crippen LogP contribution in [0.2, 0.25) is 0 Å². The Labute approximate surface area is 85.1 Å². The lowest BCUT2D eigenvalue weighted by molar-refractivity contribution is 0.100. The second kappa shape index (κ2) is 3.49. The highest BCUT2D eigenvalue weighted by Gasteiger charge is 2.05. The molecular formula is C11H7NO3. The highest BCUT2D eigenvalue weighted by atomic mass is 16.3. The van der Waals surface area contributed by atoms with Crippen molar-refractivity contribution in [3.63, 3.8) is 0 Å². The van der Waals surface area contributed by atoms with Crippen molar-refractivity contribution in [3.8, 4) is 5.75 Å². The van der Waals surface area contributed by atoms with Crippen LogP contribution in [-0.4, -0.2) is 11.0 Å². The van der Waals surface area contributed by atoms with E-state index in [0.29, 0.717) is 0 Å². The molecule has 0 bridgehead atoms. The number of carbonyl (C=O) groups is 1. The Kier molecular flexibility index (Phi) is 2.17. The van der Waals surface area contributed by atoms with Crippen LogP contribution in [-0.2, 0) is 0 Å². The molecule has 1 amide bonds. The van der Waals surface area contributed by atoms with Crippen molar-refractivity contribution in [2.45, 2.75) is 0 Å². The molecule has 2 aromatic rings. The lowest BCUT2D eigenvalue weighted by atomic mass is 10.1. The van der Waals surface area contributed by atoms with Crippen LogP contribution in [0.15, 0.2) is 41.6 Å². The number of nitroso groups, excluding NO2 is 1. The molecule has 0 aliphatic rings. The van der Waals surface area contributed by atoms with E-state index in [1.165, 1.54) is 12.1 Å². The van der Waals surface area contributed by atoms with E-state index in [-0.39, 0.29) is 11.3 Å². The van der Waals surface area contributed by atoms with Crippen LogP contribution >= 0.6 is 0 Å². The lowest BCUT2D eigenvalue weighted by Crippen LogP contribution is -1.92. The molecule has 0 spiro atoms. The number of benzene rings is 2. The summed E-state index contributed by atoms with van der Waals surface area (Å²) < 4.78 is 0. The van der Waals surface area contributed by atoms with Gasteiger partial charge < -0.3 is 5.11 Å². The lowest BCUT2D eigenvalue weighted by Gasteiger charge is -1.99. The first-order chi connectivity index (χ1) is 7.20. The highest BCUT2D eigenvalue weighted by Crippen LogP contribution is 2.21. The summed E-state index contributed by atoms with van der Waals surface area (Å²) in [5, 5.41) is 13.1. The van der Waals surface area contributed by atoms with Crippen LogP contribution in [0, 0.1) is 4.91 Å². The smallest absolute Gasteiger partial charge is 0.316 e. The Bertz CT molecular complexity index is 549. The number of carbonyl (C=O) groups excluding carboxylic acids is 1. The molecule has 0 aliphatic carbocycles. The molecule has 15 heavy (non-hydrogen) atoms. The second-order valence-corrected chi connectivity index (χ2v) is 3.14. The van der Waals surface area contributed by atoms with Crippen molar-refractivity contribution in [1.82, 2.24) is 0 Å². The van der Waals surface area contributed by atoms with Crippen LogP contribution in [0.1, 0.15) is 10.4 Å². The van der Waals surface area contributed by atoms with E-state index >= 15 is 0 Å². The molecule has 4 heteroatoms. The van der Waals surface area contributed by atoms with Gasteiger partial charge >= 0.3 is 5.91 Å². The average Bonchev–Trinajstić information content (AvgIpc) is 2.27. The Morgan fingerprint density at radius 3 is 2.47 bits per heavy atom. The molecular weight excluding hydrogens is 194 g/mol. The minimum absolute atomic E-state index is 0.162. The van der Waals surface area contributed by atoms with Crippen molar-refractivity contribution in [2.24, 2.45) is 5.18 Å². The minimum Gasteiger partial charge on any atom is -0.508 e. The summed E-state index contributed by atoms with van der Waals surface area (Å²) in [5.41, 5.74) is 0.253. The van der Waals surface area contributed by atoms with Crippen LogP contribution in [0.5, 0.6) is 5.75 Å². The average molecular weight is 201 g/mol. The van der Waals surface area contributed by atoms with E-state index in [2.05, 4.69) is 5.18 Å². The van der Waals surface area contributed by atoms with Gasteiger partial charge in [0, 0.05) is 10.7 Å². The Morgan fingerprint density at radius 1 is 1.07 bits per heavy atom. The summed E-state index contributed by atoms with van der Waals surface area (Å²) in [6, 6.07) is 9.51. The van der Waals surface area contributed by atoms with Crippen LogP contribution < -0.4 is 0 Å². The number of phenols is 1. The van der Waals surface area contributed by atoms with E-state index in [0.717, 1.165) is 10.8 Å². The Balaban J connectivity index is 2.61. The summed E-state index contributed by atoms with van der Waals surface area (Å²) in [6.45, 7) is 0. The number of nitrogens with zero attached hydrogens (tertiary/aromatic N) is 1. The third-order valence-electron chi connectivity index (χ3n) is 2.15. The number of phenolic OH excluding ortho intramolecular Hbond substituents is 1. The maximum Gasteiger partial charge on any atom is 0.316 e.